The van der Waals surface area contributed by atoms with E-state index in [1.165, 1.54) is 0 Å². The van der Waals surface area contributed by atoms with E-state index in [0.29, 0.717) is 5.84 Å². The summed E-state index contributed by atoms with van der Waals surface area (Å²) in [5.74, 6) is 1.26. The van der Waals surface area contributed by atoms with Gasteiger partial charge in [-0.15, -0.1) is 0 Å². The highest BCUT2D eigenvalue weighted by molar-refractivity contribution is 5.96. The zero-order valence-electron chi connectivity index (χ0n) is 7.90. The largest absolute Gasteiger partial charge is 0.465 e. The Balaban J connectivity index is 2.65. The molecule has 4 heteroatoms. The van der Waals surface area contributed by atoms with Crippen LogP contribution >= 0.6 is 0 Å². The van der Waals surface area contributed by atoms with E-state index in [-0.39, 0.29) is 0 Å². The summed E-state index contributed by atoms with van der Waals surface area (Å²) in [4.78, 5) is 3.60. The molecule has 0 radical (unpaired) electrons. The predicted molar refractivity (Wildman–Crippen MR) is 54.5 cm³/mol. The average Bonchev–Trinajstić information content (AvgIpc) is 2.67. The van der Waals surface area contributed by atoms with Crippen LogP contribution < -0.4 is 5.32 Å². The zero-order chi connectivity index (χ0) is 10.2. The molecule has 0 aromatic carbocycles. The maximum Gasteiger partial charge on any atom is 0.207 e. The Morgan fingerprint density at radius 1 is 1.79 bits per heavy atom. The lowest BCUT2D eigenvalue weighted by molar-refractivity contribution is 0.557. The van der Waals surface area contributed by atoms with E-state index in [4.69, 9.17) is 9.68 Å². The van der Waals surface area contributed by atoms with E-state index in [1.54, 1.807) is 30.7 Å². The molecule has 72 valence electrons. The summed E-state index contributed by atoms with van der Waals surface area (Å²) in [5.41, 5.74) is 0. The molecule has 1 heterocycles. The summed E-state index contributed by atoms with van der Waals surface area (Å²) in [7, 11) is 0. The molecule has 0 amide bonds. The third-order valence-corrected chi connectivity index (χ3v) is 1.48. The van der Waals surface area contributed by atoms with Crippen molar-refractivity contribution in [1.82, 2.24) is 5.32 Å². The maximum atomic E-state index is 8.39. The van der Waals surface area contributed by atoms with Crippen molar-refractivity contribution in [2.45, 2.75) is 6.92 Å². The molecule has 0 fully saturated rings. The molecule has 1 aromatic heterocycles. The van der Waals surface area contributed by atoms with Gasteiger partial charge in [-0.25, -0.2) is 0 Å². The molecule has 0 aliphatic carbocycles. The Bertz CT molecular complexity index is 357. The van der Waals surface area contributed by atoms with Crippen molar-refractivity contribution < 1.29 is 4.42 Å². The van der Waals surface area contributed by atoms with Crippen LogP contribution in [0, 0.1) is 11.5 Å². The Kier molecular flexibility index (Phi) is 4.02. The highest BCUT2D eigenvalue weighted by Crippen LogP contribution is 2.01. The van der Waals surface area contributed by atoms with Gasteiger partial charge in [0, 0.05) is 6.54 Å². The smallest absolute Gasteiger partial charge is 0.207 e. The number of hydrogen-bond donors (Lipinski definition) is 1. The van der Waals surface area contributed by atoms with Crippen molar-refractivity contribution in [3.05, 3.63) is 30.2 Å². The Hall–Kier alpha value is -2.02. The summed E-state index contributed by atoms with van der Waals surface area (Å²) in [6.07, 6.45) is 6.77. The van der Waals surface area contributed by atoms with Gasteiger partial charge in [-0.2, -0.15) is 10.3 Å². The standard InChI is InChI=1S/C10H11N3O/c1-2-12-10(13-8-11)6-5-9-4-3-7-14-9/h3-7H,2H2,1H3,(H,12,13). The molecule has 4 nitrogen and oxygen atoms in total. The number of nitrogens with zero attached hydrogens (tertiary/aromatic N) is 2. The number of nitriles is 1. The van der Waals surface area contributed by atoms with Crippen LogP contribution in [0.3, 0.4) is 0 Å². The summed E-state index contributed by atoms with van der Waals surface area (Å²) in [6.45, 7) is 2.66. The van der Waals surface area contributed by atoms with Gasteiger partial charge in [-0.3, -0.25) is 0 Å². The van der Waals surface area contributed by atoms with Gasteiger partial charge in [0.1, 0.15) is 11.6 Å². The molecule has 0 aliphatic heterocycles. The van der Waals surface area contributed by atoms with Gasteiger partial charge < -0.3 is 9.73 Å². The fraction of sp³-hybridized carbons (Fsp3) is 0.200. The third-order valence-electron chi connectivity index (χ3n) is 1.48. The van der Waals surface area contributed by atoms with Gasteiger partial charge in [-0.05, 0) is 31.2 Å². The van der Waals surface area contributed by atoms with E-state index >= 15 is 0 Å². The number of hydrogen-bond acceptors (Lipinski definition) is 3. The molecular weight excluding hydrogens is 178 g/mol. The third kappa shape index (κ3) is 3.15. The second-order valence-electron chi connectivity index (χ2n) is 2.48. The van der Waals surface area contributed by atoms with Crippen LogP contribution in [0.25, 0.3) is 6.08 Å². The molecular formula is C10H11N3O. The molecule has 0 bridgehead atoms. The molecule has 0 saturated carbocycles. The second-order valence-corrected chi connectivity index (χ2v) is 2.48. The molecule has 0 spiro atoms. The quantitative estimate of drug-likeness (QED) is 0.448. The van der Waals surface area contributed by atoms with Crippen LogP contribution in [-0.4, -0.2) is 12.4 Å². The van der Waals surface area contributed by atoms with Gasteiger partial charge >= 0.3 is 0 Å². The fourth-order valence-electron chi connectivity index (χ4n) is 0.918. The Morgan fingerprint density at radius 3 is 3.21 bits per heavy atom. The molecule has 1 aromatic rings. The first kappa shape index (κ1) is 10.1. The number of furan rings is 1. The van der Waals surface area contributed by atoms with Gasteiger partial charge in [0.2, 0.25) is 6.19 Å². The Morgan fingerprint density at radius 2 is 2.64 bits per heavy atom. The first-order valence-electron chi connectivity index (χ1n) is 4.29. The number of likely N-dealkylation sites (N-methyl/N-ethyl adjacent to an activating group) is 1. The van der Waals surface area contributed by atoms with Crippen molar-refractivity contribution in [3.8, 4) is 6.19 Å². The first-order valence-corrected chi connectivity index (χ1v) is 4.29. The lowest BCUT2D eigenvalue weighted by Gasteiger charge is -1.98. The fourth-order valence-corrected chi connectivity index (χ4v) is 0.918. The van der Waals surface area contributed by atoms with Crippen molar-refractivity contribution in [2.24, 2.45) is 4.99 Å². The van der Waals surface area contributed by atoms with E-state index < -0.39 is 0 Å². The van der Waals surface area contributed by atoms with Crippen LogP contribution in [0.2, 0.25) is 0 Å². The minimum atomic E-state index is 0.534. The van der Waals surface area contributed by atoms with Crippen LogP contribution in [0.4, 0.5) is 0 Å². The van der Waals surface area contributed by atoms with Crippen molar-refractivity contribution in [3.63, 3.8) is 0 Å². The lowest BCUT2D eigenvalue weighted by atomic mass is 10.4. The molecule has 0 unspecified atom stereocenters. The number of aliphatic imine (C=N–C) groups is 1. The summed E-state index contributed by atoms with van der Waals surface area (Å²) >= 11 is 0. The van der Waals surface area contributed by atoms with E-state index in [1.807, 2.05) is 13.0 Å². The lowest BCUT2D eigenvalue weighted by Crippen LogP contribution is -2.20. The maximum absolute atomic E-state index is 8.39. The average molecular weight is 189 g/mol. The van der Waals surface area contributed by atoms with Gasteiger partial charge in [-0.1, -0.05) is 0 Å². The molecule has 1 N–H and O–H groups in total. The predicted octanol–water partition coefficient (Wildman–Crippen LogP) is 1.78. The summed E-state index contributed by atoms with van der Waals surface area (Å²) < 4.78 is 5.09. The second kappa shape index (κ2) is 5.60. The topological polar surface area (TPSA) is 61.3 Å². The molecule has 14 heavy (non-hydrogen) atoms. The van der Waals surface area contributed by atoms with E-state index in [9.17, 15) is 0 Å². The zero-order valence-corrected chi connectivity index (χ0v) is 7.90. The minimum Gasteiger partial charge on any atom is -0.465 e. The van der Waals surface area contributed by atoms with E-state index in [0.717, 1.165) is 12.3 Å². The van der Waals surface area contributed by atoms with Gasteiger partial charge in [0.25, 0.3) is 0 Å². The molecule has 0 atom stereocenters. The summed E-state index contributed by atoms with van der Waals surface area (Å²) in [6, 6.07) is 3.63. The molecule has 1 rings (SSSR count). The van der Waals surface area contributed by atoms with Crippen LogP contribution in [0.5, 0.6) is 0 Å². The van der Waals surface area contributed by atoms with E-state index in [2.05, 4.69) is 10.3 Å². The van der Waals surface area contributed by atoms with Crippen molar-refractivity contribution >= 4 is 11.9 Å². The Labute approximate surface area is 82.6 Å². The highest BCUT2D eigenvalue weighted by Gasteiger charge is 1.92. The van der Waals surface area contributed by atoms with Crippen molar-refractivity contribution in [2.75, 3.05) is 6.54 Å². The minimum absolute atomic E-state index is 0.534. The summed E-state index contributed by atoms with van der Waals surface area (Å²) in [5, 5.41) is 11.3. The van der Waals surface area contributed by atoms with Crippen LogP contribution in [0.1, 0.15) is 12.7 Å². The SMILES string of the molecule is CCNC(C=Cc1ccco1)=NC#N. The van der Waals surface area contributed by atoms with Gasteiger partial charge in [0.05, 0.1) is 6.26 Å². The molecule has 0 saturated heterocycles. The highest BCUT2D eigenvalue weighted by atomic mass is 16.3. The van der Waals surface area contributed by atoms with Crippen LogP contribution in [0.15, 0.2) is 33.9 Å². The van der Waals surface area contributed by atoms with Gasteiger partial charge in [0.15, 0.2) is 0 Å². The monoisotopic (exact) mass is 189 g/mol. The van der Waals surface area contributed by atoms with Crippen LogP contribution in [-0.2, 0) is 0 Å². The van der Waals surface area contributed by atoms with Crippen molar-refractivity contribution in [1.29, 1.82) is 5.26 Å². The normalized spacial score (nSPS) is 11.6. The molecule has 0 aliphatic rings. The number of nitrogens with one attached hydrogen (secondary N) is 1. The number of amidine groups is 1. The number of rotatable bonds is 3. The first-order chi connectivity index (χ1) is 6.86.